The highest BCUT2D eigenvalue weighted by Crippen LogP contribution is 2.19. The van der Waals surface area contributed by atoms with Gasteiger partial charge in [0.05, 0.1) is 7.11 Å². The minimum atomic E-state index is 0.675. The van der Waals surface area contributed by atoms with Gasteiger partial charge in [-0.15, -0.1) is 0 Å². The van der Waals surface area contributed by atoms with Crippen molar-refractivity contribution in [3.05, 3.63) is 17.7 Å². The molecule has 3 heteroatoms. The van der Waals surface area contributed by atoms with Crippen LogP contribution in [-0.4, -0.2) is 25.7 Å². The van der Waals surface area contributed by atoms with Crippen LogP contribution in [0.2, 0.25) is 0 Å². The first-order valence-corrected chi connectivity index (χ1v) is 4.91. The van der Waals surface area contributed by atoms with Gasteiger partial charge in [-0.25, -0.2) is 0 Å². The molecule has 0 amide bonds. The second kappa shape index (κ2) is 4.84. The van der Waals surface area contributed by atoms with Crippen LogP contribution in [0, 0.1) is 6.92 Å². The number of aromatic nitrogens is 1. The van der Waals surface area contributed by atoms with Crippen molar-refractivity contribution in [2.24, 2.45) is 0 Å². The van der Waals surface area contributed by atoms with Crippen LogP contribution in [0.4, 0.5) is 5.82 Å². The summed E-state index contributed by atoms with van der Waals surface area (Å²) in [5.41, 5.74) is 1.18. The monoisotopic (exact) mass is 194 g/mol. The maximum absolute atomic E-state index is 5.10. The maximum atomic E-state index is 5.10. The molecule has 0 saturated carbocycles. The molecule has 0 atom stereocenters. The molecule has 0 aliphatic heterocycles. The van der Waals surface area contributed by atoms with Gasteiger partial charge in [0.25, 0.3) is 0 Å². The second-order valence-electron chi connectivity index (χ2n) is 3.42. The fourth-order valence-electron chi connectivity index (χ4n) is 1.44. The van der Waals surface area contributed by atoms with Crippen LogP contribution in [0.25, 0.3) is 0 Å². The van der Waals surface area contributed by atoms with Crippen LogP contribution < -0.4 is 9.64 Å². The number of aryl methyl sites for hydroxylation is 1. The van der Waals surface area contributed by atoms with Gasteiger partial charge in [0, 0.05) is 19.7 Å². The van der Waals surface area contributed by atoms with Gasteiger partial charge in [0.2, 0.25) is 5.88 Å². The lowest BCUT2D eigenvalue weighted by molar-refractivity contribution is 0.398. The highest BCUT2D eigenvalue weighted by atomic mass is 16.5. The summed E-state index contributed by atoms with van der Waals surface area (Å²) < 4.78 is 5.10. The lowest BCUT2D eigenvalue weighted by atomic mass is 10.2. The fourth-order valence-corrected chi connectivity index (χ4v) is 1.44. The normalized spacial score (nSPS) is 10.0. The zero-order chi connectivity index (χ0) is 10.6. The second-order valence-corrected chi connectivity index (χ2v) is 3.42. The molecule has 78 valence electrons. The van der Waals surface area contributed by atoms with E-state index in [0.717, 1.165) is 18.8 Å². The predicted octanol–water partition coefficient (Wildman–Crippen LogP) is 2.24. The number of methoxy groups -OCH3 is 1. The Morgan fingerprint density at radius 2 is 2.14 bits per heavy atom. The summed E-state index contributed by atoms with van der Waals surface area (Å²) in [6.45, 7) is 5.24. The summed E-state index contributed by atoms with van der Waals surface area (Å²) in [6.07, 6.45) is 1.12. The maximum Gasteiger partial charge on any atom is 0.214 e. The average Bonchev–Trinajstić information content (AvgIpc) is 2.19. The van der Waals surface area contributed by atoms with Crippen LogP contribution in [0.5, 0.6) is 5.88 Å². The number of ether oxygens (including phenoxy) is 1. The lowest BCUT2D eigenvalue weighted by Gasteiger charge is -2.19. The van der Waals surface area contributed by atoms with Crippen LogP contribution in [-0.2, 0) is 0 Å². The van der Waals surface area contributed by atoms with E-state index in [1.54, 1.807) is 7.11 Å². The van der Waals surface area contributed by atoms with Gasteiger partial charge in [-0.05, 0) is 18.9 Å². The Kier molecular flexibility index (Phi) is 3.74. The van der Waals surface area contributed by atoms with Crippen molar-refractivity contribution in [2.45, 2.75) is 20.3 Å². The molecule has 1 rings (SSSR count). The molecule has 1 aromatic heterocycles. The number of anilines is 1. The minimum absolute atomic E-state index is 0.675. The molecule has 1 heterocycles. The van der Waals surface area contributed by atoms with E-state index >= 15 is 0 Å². The summed E-state index contributed by atoms with van der Waals surface area (Å²) in [5, 5.41) is 0. The standard InChI is InChI=1S/C11H18N2O/c1-5-8-13(3)11-9(2)6-7-10(12-11)14-4/h6-7H,5,8H2,1-4H3. The molecular formula is C11H18N2O. The number of hydrogen-bond donors (Lipinski definition) is 0. The molecule has 0 aliphatic rings. The number of hydrogen-bond acceptors (Lipinski definition) is 3. The minimum Gasteiger partial charge on any atom is -0.481 e. The third-order valence-corrected chi connectivity index (χ3v) is 2.17. The first-order chi connectivity index (χ1) is 6.69. The van der Waals surface area contributed by atoms with Crippen molar-refractivity contribution in [3.8, 4) is 5.88 Å². The molecule has 3 nitrogen and oxygen atoms in total. The van der Waals surface area contributed by atoms with Crippen LogP contribution in [0.15, 0.2) is 12.1 Å². The molecule has 0 radical (unpaired) electrons. The molecule has 0 bridgehead atoms. The first kappa shape index (κ1) is 10.8. The fraction of sp³-hybridized carbons (Fsp3) is 0.545. The van der Waals surface area contributed by atoms with E-state index in [1.165, 1.54) is 5.56 Å². The molecule has 0 unspecified atom stereocenters. The Morgan fingerprint density at radius 1 is 1.43 bits per heavy atom. The van der Waals surface area contributed by atoms with Crippen molar-refractivity contribution in [1.82, 2.24) is 4.98 Å². The smallest absolute Gasteiger partial charge is 0.214 e. The molecular weight excluding hydrogens is 176 g/mol. The summed E-state index contributed by atoms with van der Waals surface area (Å²) in [6, 6.07) is 3.92. The van der Waals surface area contributed by atoms with Gasteiger partial charge < -0.3 is 9.64 Å². The van der Waals surface area contributed by atoms with Crippen LogP contribution in [0.3, 0.4) is 0 Å². The zero-order valence-corrected chi connectivity index (χ0v) is 9.37. The Bertz CT molecular complexity index is 299. The summed E-state index contributed by atoms with van der Waals surface area (Å²) in [7, 11) is 3.69. The van der Waals surface area contributed by atoms with Crippen LogP contribution >= 0.6 is 0 Å². The van der Waals surface area contributed by atoms with E-state index in [1.807, 2.05) is 12.1 Å². The SMILES string of the molecule is CCCN(C)c1nc(OC)ccc1C. The van der Waals surface area contributed by atoms with E-state index in [4.69, 9.17) is 4.74 Å². The van der Waals surface area contributed by atoms with Crippen molar-refractivity contribution in [1.29, 1.82) is 0 Å². The molecule has 14 heavy (non-hydrogen) atoms. The molecule has 0 aromatic carbocycles. The van der Waals surface area contributed by atoms with Crippen molar-refractivity contribution in [3.63, 3.8) is 0 Å². The Hall–Kier alpha value is -1.25. The number of rotatable bonds is 4. The summed E-state index contributed by atoms with van der Waals surface area (Å²) in [4.78, 5) is 6.56. The highest BCUT2D eigenvalue weighted by Gasteiger charge is 2.06. The average molecular weight is 194 g/mol. The van der Waals surface area contributed by atoms with Gasteiger partial charge in [0.1, 0.15) is 5.82 Å². The molecule has 0 N–H and O–H groups in total. The molecule has 0 aliphatic carbocycles. The molecule has 0 saturated heterocycles. The third-order valence-electron chi connectivity index (χ3n) is 2.17. The van der Waals surface area contributed by atoms with E-state index < -0.39 is 0 Å². The molecule has 0 fully saturated rings. The highest BCUT2D eigenvalue weighted by molar-refractivity contribution is 5.47. The number of pyridine rings is 1. The Morgan fingerprint density at radius 3 is 2.71 bits per heavy atom. The summed E-state index contributed by atoms with van der Waals surface area (Å²) in [5.74, 6) is 1.68. The predicted molar refractivity (Wildman–Crippen MR) is 59.1 cm³/mol. The summed E-state index contributed by atoms with van der Waals surface area (Å²) >= 11 is 0. The first-order valence-electron chi connectivity index (χ1n) is 4.91. The van der Waals surface area contributed by atoms with Gasteiger partial charge in [0.15, 0.2) is 0 Å². The van der Waals surface area contributed by atoms with E-state index in [2.05, 4.69) is 30.8 Å². The van der Waals surface area contributed by atoms with Crippen molar-refractivity contribution < 1.29 is 4.74 Å². The van der Waals surface area contributed by atoms with E-state index in [-0.39, 0.29) is 0 Å². The van der Waals surface area contributed by atoms with Crippen molar-refractivity contribution >= 4 is 5.82 Å². The largest absolute Gasteiger partial charge is 0.481 e. The quantitative estimate of drug-likeness (QED) is 0.735. The van der Waals surface area contributed by atoms with Crippen molar-refractivity contribution in [2.75, 3.05) is 25.6 Å². The molecule has 1 aromatic rings. The van der Waals surface area contributed by atoms with Gasteiger partial charge in [-0.3, -0.25) is 0 Å². The van der Waals surface area contributed by atoms with Gasteiger partial charge >= 0.3 is 0 Å². The Balaban J connectivity index is 2.93. The molecule has 0 spiro atoms. The number of nitrogens with zero attached hydrogens (tertiary/aromatic N) is 2. The third kappa shape index (κ3) is 2.37. The van der Waals surface area contributed by atoms with Gasteiger partial charge in [-0.2, -0.15) is 4.98 Å². The van der Waals surface area contributed by atoms with Gasteiger partial charge in [-0.1, -0.05) is 13.0 Å². The lowest BCUT2D eigenvalue weighted by Crippen LogP contribution is -2.20. The zero-order valence-electron chi connectivity index (χ0n) is 9.37. The van der Waals surface area contributed by atoms with Crippen LogP contribution in [0.1, 0.15) is 18.9 Å². The van der Waals surface area contributed by atoms with E-state index in [0.29, 0.717) is 5.88 Å². The Labute approximate surface area is 85.7 Å². The van der Waals surface area contributed by atoms with E-state index in [9.17, 15) is 0 Å². The topological polar surface area (TPSA) is 25.4 Å².